The van der Waals surface area contributed by atoms with Crippen LogP contribution in [0.3, 0.4) is 0 Å². The molecule has 0 atom stereocenters. The minimum absolute atomic E-state index is 0.303. The summed E-state index contributed by atoms with van der Waals surface area (Å²) in [6.45, 7) is 7.14. The van der Waals surface area contributed by atoms with Gasteiger partial charge >= 0.3 is 0 Å². The number of halogens is 1. The lowest BCUT2D eigenvalue weighted by molar-refractivity contribution is 0.415. The Morgan fingerprint density at radius 2 is 2.05 bits per heavy atom. The Morgan fingerprint density at radius 1 is 1.29 bits per heavy atom. The summed E-state index contributed by atoms with van der Waals surface area (Å²) in [6, 6.07) is 5.69. The summed E-state index contributed by atoms with van der Waals surface area (Å²) >= 11 is 6.10. The van der Waals surface area contributed by atoms with E-state index in [2.05, 4.69) is 36.1 Å². The molecule has 2 aromatic rings. The molecule has 5 heteroatoms. The van der Waals surface area contributed by atoms with Gasteiger partial charge in [-0.1, -0.05) is 31.5 Å². The summed E-state index contributed by atoms with van der Waals surface area (Å²) in [7, 11) is 1.61. The van der Waals surface area contributed by atoms with Gasteiger partial charge in [0.15, 0.2) is 0 Å². The Morgan fingerprint density at radius 3 is 2.67 bits per heavy atom. The lowest BCUT2D eigenvalue weighted by Gasteiger charge is -2.17. The van der Waals surface area contributed by atoms with Crippen LogP contribution in [-0.2, 0) is 0 Å². The fourth-order valence-corrected chi connectivity index (χ4v) is 2.48. The Balaban J connectivity index is 2.60. The van der Waals surface area contributed by atoms with Gasteiger partial charge in [0.1, 0.15) is 17.9 Å². The second-order valence-electron chi connectivity index (χ2n) is 5.02. The molecule has 0 aliphatic carbocycles. The zero-order valence-electron chi connectivity index (χ0n) is 12.8. The Bertz CT molecular complexity index is 629. The van der Waals surface area contributed by atoms with Crippen molar-refractivity contribution < 1.29 is 4.74 Å². The first kappa shape index (κ1) is 15.6. The minimum Gasteiger partial charge on any atom is -0.495 e. The van der Waals surface area contributed by atoms with E-state index in [0.717, 1.165) is 29.2 Å². The molecule has 0 fully saturated rings. The number of ether oxygens (including phenoxy) is 1. The van der Waals surface area contributed by atoms with Crippen LogP contribution in [0.5, 0.6) is 5.75 Å². The van der Waals surface area contributed by atoms with E-state index in [1.54, 1.807) is 13.4 Å². The highest BCUT2D eigenvalue weighted by Gasteiger charge is 2.17. The van der Waals surface area contributed by atoms with Gasteiger partial charge in [0.05, 0.1) is 17.8 Å². The maximum atomic E-state index is 6.10. The number of hydrogen-bond donors (Lipinski definition) is 1. The topological polar surface area (TPSA) is 47.0 Å². The van der Waals surface area contributed by atoms with Gasteiger partial charge in [0, 0.05) is 17.7 Å². The van der Waals surface area contributed by atoms with Crippen molar-refractivity contribution in [2.45, 2.75) is 26.7 Å². The number of nitrogens with zero attached hydrogens (tertiary/aromatic N) is 2. The molecule has 1 aromatic carbocycles. The van der Waals surface area contributed by atoms with Crippen molar-refractivity contribution in [1.82, 2.24) is 9.97 Å². The number of anilines is 1. The smallest absolute Gasteiger partial charge is 0.138 e. The summed E-state index contributed by atoms with van der Waals surface area (Å²) < 4.78 is 5.29. The number of nitrogens with one attached hydrogen (secondary N) is 1. The lowest BCUT2D eigenvalue weighted by atomic mass is 9.97. The fraction of sp³-hybridized carbons (Fsp3) is 0.375. The summed E-state index contributed by atoms with van der Waals surface area (Å²) in [6.07, 6.45) is 1.58. The predicted molar refractivity (Wildman–Crippen MR) is 87.3 cm³/mol. The highest BCUT2D eigenvalue weighted by Crippen LogP contribution is 2.35. The molecule has 0 saturated heterocycles. The van der Waals surface area contributed by atoms with Gasteiger partial charge in [-0.2, -0.15) is 0 Å². The average Bonchev–Trinajstić information content (AvgIpc) is 2.47. The molecule has 0 spiro atoms. The van der Waals surface area contributed by atoms with Gasteiger partial charge in [-0.15, -0.1) is 0 Å². The molecular weight excluding hydrogens is 286 g/mol. The fourth-order valence-electron chi connectivity index (χ4n) is 2.29. The molecule has 0 bridgehead atoms. The predicted octanol–water partition coefficient (Wildman–Crippen LogP) is 4.36. The maximum Gasteiger partial charge on any atom is 0.138 e. The molecular formula is C16H20ClN3O. The van der Waals surface area contributed by atoms with Crippen molar-refractivity contribution in [1.29, 1.82) is 0 Å². The van der Waals surface area contributed by atoms with E-state index in [-0.39, 0.29) is 0 Å². The molecule has 0 aliphatic heterocycles. The van der Waals surface area contributed by atoms with Crippen LogP contribution < -0.4 is 10.1 Å². The molecule has 0 unspecified atom stereocenters. The zero-order chi connectivity index (χ0) is 15.4. The molecule has 1 N–H and O–H groups in total. The summed E-state index contributed by atoms with van der Waals surface area (Å²) in [5.41, 5.74) is 2.98. The van der Waals surface area contributed by atoms with E-state index in [1.807, 2.05) is 18.2 Å². The quantitative estimate of drug-likeness (QED) is 0.891. The Hall–Kier alpha value is -1.81. The third kappa shape index (κ3) is 3.27. The summed E-state index contributed by atoms with van der Waals surface area (Å²) in [5, 5.41) is 3.89. The van der Waals surface area contributed by atoms with Crippen LogP contribution in [0, 0.1) is 0 Å². The van der Waals surface area contributed by atoms with Crippen LogP contribution in [-0.4, -0.2) is 23.6 Å². The second kappa shape index (κ2) is 6.76. The van der Waals surface area contributed by atoms with Crippen molar-refractivity contribution in [3.8, 4) is 17.0 Å². The van der Waals surface area contributed by atoms with E-state index in [9.17, 15) is 0 Å². The average molecular weight is 306 g/mol. The first-order valence-electron chi connectivity index (χ1n) is 7.01. The van der Waals surface area contributed by atoms with Crippen LogP contribution in [0.2, 0.25) is 5.02 Å². The van der Waals surface area contributed by atoms with Crippen LogP contribution in [0.4, 0.5) is 5.82 Å². The normalized spacial score (nSPS) is 10.8. The van der Waals surface area contributed by atoms with E-state index in [0.29, 0.717) is 16.7 Å². The van der Waals surface area contributed by atoms with Crippen molar-refractivity contribution >= 4 is 17.4 Å². The van der Waals surface area contributed by atoms with Crippen molar-refractivity contribution in [2.75, 3.05) is 19.0 Å². The van der Waals surface area contributed by atoms with Gasteiger partial charge in [0.25, 0.3) is 0 Å². The second-order valence-corrected chi connectivity index (χ2v) is 5.43. The number of rotatable bonds is 5. The van der Waals surface area contributed by atoms with Gasteiger partial charge in [-0.25, -0.2) is 9.97 Å². The molecule has 1 aromatic heterocycles. The van der Waals surface area contributed by atoms with Crippen LogP contribution in [0.25, 0.3) is 11.3 Å². The van der Waals surface area contributed by atoms with Gasteiger partial charge < -0.3 is 10.1 Å². The van der Waals surface area contributed by atoms with Gasteiger partial charge in [-0.05, 0) is 25.0 Å². The maximum absolute atomic E-state index is 6.10. The van der Waals surface area contributed by atoms with Gasteiger partial charge in [0.2, 0.25) is 0 Å². The third-order valence-corrected chi connectivity index (χ3v) is 3.54. The summed E-state index contributed by atoms with van der Waals surface area (Å²) in [4.78, 5) is 8.82. The highest BCUT2D eigenvalue weighted by molar-refractivity contribution is 6.32. The Kier molecular flexibility index (Phi) is 5.02. The van der Waals surface area contributed by atoms with Crippen molar-refractivity contribution in [2.24, 2.45) is 0 Å². The van der Waals surface area contributed by atoms with E-state index < -0.39 is 0 Å². The van der Waals surface area contributed by atoms with Crippen molar-refractivity contribution in [3.63, 3.8) is 0 Å². The molecule has 21 heavy (non-hydrogen) atoms. The molecule has 0 amide bonds. The van der Waals surface area contributed by atoms with Gasteiger partial charge in [-0.3, -0.25) is 0 Å². The number of methoxy groups -OCH3 is 1. The molecule has 4 nitrogen and oxygen atoms in total. The standard InChI is InChI=1S/C16H20ClN3O/c1-5-18-16-14(10(2)3)15(19-9-20-16)11-6-7-12(17)13(8-11)21-4/h6-10H,5H2,1-4H3,(H,18,19,20). The number of benzene rings is 1. The molecule has 112 valence electrons. The molecule has 1 heterocycles. The monoisotopic (exact) mass is 305 g/mol. The van der Waals surface area contributed by atoms with Crippen LogP contribution in [0.15, 0.2) is 24.5 Å². The van der Waals surface area contributed by atoms with E-state index >= 15 is 0 Å². The summed E-state index contributed by atoms with van der Waals surface area (Å²) in [5.74, 6) is 1.83. The van der Waals surface area contributed by atoms with E-state index in [4.69, 9.17) is 16.3 Å². The Labute approximate surface area is 130 Å². The molecule has 0 aliphatic rings. The number of aromatic nitrogens is 2. The first-order chi connectivity index (χ1) is 10.1. The number of hydrogen-bond acceptors (Lipinski definition) is 4. The largest absolute Gasteiger partial charge is 0.495 e. The third-order valence-electron chi connectivity index (χ3n) is 3.23. The van der Waals surface area contributed by atoms with E-state index in [1.165, 1.54) is 0 Å². The van der Waals surface area contributed by atoms with Crippen LogP contribution >= 0.6 is 11.6 Å². The van der Waals surface area contributed by atoms with Crippen LogP contribution in [0.1, 0.15) is 32.3 Å². The molecule has 0 saturated carbocycles. The molecule has 2 rings (SSSR count). The first-order valence-corrected chi connectivity index (χ1v) is 7.39. The zero-order valence-corrected chi connectivity index (χ0v) is 13.5. The SMILES string of the molecule is CCNc1ncnc(-c2ccc(Cl)c(OC)c2)c1C(C)C. The molecule has 0 radical (unpaired) electrons. The van der Waals surface area contributed by atoms with Crippen molar-refractivity contribution in [3.05, 3.63) is 35.1 Å². The lowest BCUT2D eigenvalue weighted by Crippen LogP contribution is -2.07. The highest BCUT2D eigenvalue weighted by atomic mass is 35.5. The minimum atomic E-state index is 0.303.